The van der Waals surface area contributed by atoms with Crippen molar-refractivity contribution in [2.75, 3.05) is 6.61 Å². The molecule has 2 rings (SSSR count). The average Bonchev–Trinajstić information content (AvgIpc) is 2.97. The van der Waals surface area contributed by atoms with Crippen molar-refractivity contribution in [1.29, 1.82) is 0 Å². The van der Waals surface area contributed by atoms with Crippen molar-refractivity contribution in [3.63, 3.8) is 0 Å². The van der Waals surface area contributed by atoms with Gasteiger partial charge in [0.05, 0.1) is 23.3 Å². The number of hydrogen-bond acceptors (Lipinski definition) is 4. The number of furan rings is 1. The smallest absolute Gasteiger partial charge is 0.416 e. The third kappa shape index (κ3) is 3.92. The topological polar surface area (TPSA) is 79.5 Å². The maximum absolute atomic E-state index is 12.8. The Morgan fingerprint density at radius 1 is 1.30 bits per heavy atom. The van der Waals surface area contributed by atoms with Crippen LogP contribution in [-0.2, 0) is 16.2 Å². The molecule has 0 aliphatic carbocycles. The Bertz CT molecular complexity index is 770. The Morgan fingerprint density at radius 3 is 2.52 bits per heavy atom. The number of benzene rings is 1. The van der Waals surface area contributed by atoms with Crippen molar-refractivity contribution in [3.8, 4) is 0 Å². The molecule has 1 unspecified atom stereocenters. The minimum atomic E-state index is -4.66. The van der Waals surface area contributed by atoms with Gasteiger partial charge in [0.1, 0.15) is 11.8 Å². The number of aliphatic hydroxyl groups excluding tert-OH is 1. The molecule has 1 atom stereocenters. The van der Waals surface area contributed by atoms with Gasteiger partial charge in [0, 0.05) is 0 Å². The molecule has 0 radical (unpaired) electrons. The summed E-state index contributed by atoms with van der Waals surface area (Å²) in [6.45, 7) is 0.778. The molecule has 0 bridgehead atoms. The van der Waals surface area contributed by atoms with Gasteiger partial charge in [-0.15, -0.1) is 0 Å². The number of aliphatic hydroxyl groups is 1. The van der Waals surface area contributed by atoms with Crippen molar-refractivity contribution >= 4 is 10.0 Å². The zero-order valence-electron chi connectivity index (χ0n) is 12.0. The van der Waals surface area contributed by atoms with E-state index in [-0.39, 0.29) is 11.3 Å². The SMILES string of the molecule is Cc1ccc(C(F)(F)F)cc1S(=O)(=O)NC(CO)c1ccco1. The number of halogens is 3. The van der Waals surface area contributed by atoms with Crippen LogP contribution in [0.1, 0.15) is 22.9 Å². The predicted octanol–water partition coefficient (Wildman–Crippen LogP) is 2.62. The summed E-state index contributed by atoms with van der Waals surface area (Å²) >= 11 is 0. The van der Waals surface area contributed by atoms with Crippen LogP contribution in [0.2, 0.25) is 0 Å². The van der Waals surface area contributed by atoms with Gasteiger partial charge in [-0.1, -0.05) is 6.07 Å². The van der Waals surface area contributed by atoms with Crippen LogP contribution in [0.5, 0.6) is 0 Å². The minimum absolute atomic E-state index is 0.153. The summed E-state index contributed by atoms with van der Waals surface area (Å²) in [6, 6.07) is 4.31. The van der Waals surface area contributed by atoms with Crippen molar-refractivity contribution in [2.45, 2.75) is 24.0 Å². The number of rotatable bonds is 5. The van der Waals surface area contributed by atoms with Crippen LogP contribution in [0, 0.1) is 6.92 Å². The molecular formula is C14H14F3NO4S. The van der Waals surface area contributed by atoms with Crippen LogP contribution in [0.4, 0.5) is 13.2 Å². The maximum atomic E-state index is 12.8. The molecule has 1 aromatic carbocycles. The zero-order valence-corrected chi connectivity index (χ0v) is 12.8. The van der Waals surface area contributed by atoms with E-state index in [1.54, 1.807) is 0 Å². The van der Waals surface area contributed by atoms with Crippen molar-refractivity contribution in [1.82, 2.24) is 4.72 Å². The first-order valence-corrected chi connectivity index (χ1v) is 7.98. The fraction of sp³-hybridized carbons (Fsp3) is 0.286. The lowest BCUT2D eigenvalue weighted by Gasteiger charge is -2.17. The third-order valence-corrected chi connectivity index (χ3v) is 4.79. The van der Waals surface area contributed by atoms with Crippen molar-refractivity contribution in [2.24, 2.45) is 0 Å². The Balaban J connectivity index is 2.39. The molecule has 0 aliphatic rings. The van der Waals surface area contributed by atoms with Gasteiger partial charge >= 0.3 is 6.18 Å². The van der Waals surface area contributed by atoms with E-state index >= 15 is 0 Å². The molecule has 0 fully saturated rings. The summed E-state index contributed by atoms with van der Waals surface area (Å²) < 4.78 is 70.2. The average molecular weight is 349 g/mol. The van der Waals surface area contributed by atoms with E-state index in [0.717, 1.165) is 12.1 Å². The zero-order chi connectivity index (χ0) is 17.3. The molecule has 0 amide bonds. The molecule has 1 aromatic heterocycles. The monoisotopic (exact) mass is 349 g/mol. The Kier molecular flexibility index (Phi) is 4.83. The Labute approximate surface area is 130 Å². The summed E-state index contributed by atoms with van der Waals surface area (Å²) in [4.78, 5) is -0.502. The van der Waals surface area contributed by atoms with E-state index in [1.807, 2.05) is 0 Å². The van der Waals surface area contributed by atoms with Gasteiger partial charge in [0.25, 0.3) is 0 Å². The second-order valence-corrected chi connectivity index (χ2v) is 6.53. The molecular weight excluding hydrogens is 335 g/mol. The van der Waals surface area contributed by atoms with Crippen molar-refractivity contribution in [3.05, 3.63) is 53.5 Å². The third-order valence-electron chi connectivity index (χ3n) is 3.17. The first-order chi connectivity index (χ1) is 10.6. The van der Waals surface area contributed by atoms with Gasteiger partial charge in [0.15, 0.2) is 0 Å². The summed E-state index contributed by atoms with van der Waals surface area (Å²) in [7, 11) is -4.28. The second-order valence-electron chi connectivity index (χ2n) is 4.85. The number of nitrogens with one attached hydrogen (secondary N) is 1. The van der Waals surface area contributed by atoms with Crippen molar-refractivity contribution < 1.29 is 31.1 Å². The number of sulfonamides is 1. The lowest BCUT2D eigenvalue weighted by molar-refractivity contribution is -0.137. The van der Waals surface area contributed by atoms with Crippen LogP contribution in [0.3, 0.4) is 0 Å². The molecule has 2 N–H and O–H groups in total. The normalized spacial score (nSPS) is 14.0. The lowest BCUT2D eigenvalue weighted by atomic mass is 10.1. The largest absolute Gasteiger partial charge is 0.468 e. The summed E-state index contributed by atoms with van der Waals surface area (Å²) in [6.07, 6.45) is -3.36. The highest BCUT2D eigenvalue weighted by atomic mass is 32.2. The standard InChI is InChI=1S/C14H14F3NO4S/c1-9-4-5-10(14(15,16)17)7-13(9)23(20,21)18-11(8-19)12-3-2-6-22-12/h2-7,11,18-19H,8H2,1H3. The lowest BCUT2D eigenvalue weighted by Crippen LogP contribution is -2.31. The maximum Gasteiger partial charge on any atom is 0.416 e. The molecule has 0 saturated heterocycles. The molecule has 5 nitrogen and oxygen atoms in total. The molecule has 126 valence electrons. The highest BCUT2D eigenvalue weighted by Crippen LogP contribution is 2.32. The quantitative estimate of drug-likeness (QED) is 0.870. The van der Waals surface area contributed by atoms with E-state index in [4.69, 9.17) is 4.42 Å². The van der Waals surface area contributed by atoms with Gasteiger partial charge < -0.3 is 9.52 Å². The molecule has 0 aliphatic heterocycles. The molecule has 0 saturated carbocycles. The Morgan fingerprint density at radius 2 is 2.00 bits per heavy atom. The first kappa shape index (κ1) is 17.5. The van der Waals surface area contributed by atoms with Gasteiger partial charge in [-0.2, -0.15) is 17.9 Å². The molecule has 0 spiro atoms. The Hall–Kier alpha value is -1.84. The molecule has 1 heterocycles. The predicted molar refractivity (Wildman–Crippen MR) is 75.0 cm³/mol. The van der Waals surface area contributed by atoms with E-state index in [9.17, 15) is 26.7 Å². The van der Waals surface area contributed by atoms with Crippen LogP contribution >= 0.6 is 0 Å². The number of aryl methyl sites for hydroxylation is 1. The fourth-order valence-corrected chi connectivity index (χ4v) is 3.46. The van der Waals surface area contributed by atoms with Crippen LogP contribution in [0.15, 0.2) is 45.9 Å². The highest BCUT2D eigenvalue weighted by molar-refractivity contribution is 7.89. The van der Waals surface area contributed by atoms with E-state index < -0.39 is 39.3 Å². The highest BCUT2D eigenvalue weighted by Gasteiger charge is 2.33. The number of alkyl halides is 3. The summed E-state index contributed by atoms with van der Waals surface area (Å²) in [5.74, 6) is 0.153. The van der Waals surface area contributed by atoms with E-state index in [0.29, 0.717) is 6.07 Å². The van der Waals surface area contributed by atoms with Crippen LogP contribution < -0.4 is 4.72 Å². The summed E-state index contributed by atoms with van der Waals surface area (Å²) in [5, 5.41) is 9.29. The van der Waals surface area contributed by atoms with Gasteiger partial charge in [-0.25, -0.2) is 8.42 Å². The van der Waals surface area contributed by atoms with Crippen LogP contribution in [-0.4, -0.2) is 20.1 Å². The fourth-order valence-electron chi connectivity index (χ4n) is 1.99. The van der Waals surface area contributed by atoms with Crippen LogP contribution in [0.25, 0.3) is 0 Å². The second kappa shape index (κ2) is 6.34. The van der Waals surface area contributed by atoms with Gasteiger partial charge in [-0.3, -0.25) is 0 Å². The molecule has 9 heteroatoms. The first-order valence-electron chi connectivity index (χ1n) is 6.49. The van der Waals surface area contributed by atoms with Gasteiger partial charge in [-0.05, 0) is 36.8 Å². The van der Waals surface area contributed by atoms with Gasteiger partial charge in [0.2, 0.25) is 10.0 Å². The number of hydrogen-bond donors (Lipinski definition) is 2. The summed E-state index contributed by atoms with van der Waals surface area (Å²) in [5.41, 5.74) is -0.913. The minimum Gasteiger partial charge on any atom is -0.468 e. The van der Waals surface area contributed by atoms with E-state index in [1.165, 1.54) is 25.3 Å². The van der Waals surface area contributed by atoms with E-state index in [2.05, 4.69) is 4.72 Å². The molecule has 2 aromatic rings. The molecule has 23 heavy (non-hydrogen) atoms.